The second kappa shape index (κ2) is 4.40. The number of aliphatic carboxylic acids is 1. The van der Waals surface area contributed by atoms with Crippen LogP contribution in [0.4, 0.5) is 5.69 Å². The van der Waals surface area contributed by atoms with Crippen LogP contribution in [0.5, 0.6) is 0 Å². The topological polar surface area (TPSA) is 40.5 Å². The van der Waals surface area contributed by atoms with Gasteiger partial charge in [0.25, 0.3) is 0 Å². The number of carboxylic acid groups (broad SMARTS) is 1. The lowest BCUT2D eigenvalue weighted by Crippen LogP contribution is -2.52. The molecule has 2 rings (SSSR count). The first-order chi connectivity index (χ1) is 8.00. The van der Waals surface area contributed by atoms with E-state index in [0.717, 1.165) is 18.5 Å². The van der Waals surface area contributed by atoms with Gasteiger partial charge in [0.1, 0.15) is 0 Å². The van der Waals surface area contributed by atoms with Crippen molar-refractivity contribution in [2.75, 3.05) is 11.4 Å². The standard InChI is InChI=1S/C14H19NO2/c1-14(2)9-8-11(13(16)17)10-15(14)12-6-4-3-5-7-12/h3-7,11H,8-10H2,1-2H3,(H,16,17). The van der Waals surface area contributed by atoms with Gasteiger partial charge in [-0.25, -0.2) is 0 Å². The van der Waals surface area contributed by atoms with Gasteiger partial charge in [-0.05, 0) is 38.8 Å². The molecule has 1 aromatic carbocycles. The number of benzene rings is 1. The van der Waals surface area contributed by atoms with Gasteiger partial charge in [0, 0.05) is 17.8 Å². The zero-order valence-electron chi connectivity index (χ0n) is 10.4. The number of para-hydroxylation sites is 1. The van der Waals surface area contributed by atoms with Gasteiger partial charge in [-0.2, -0.15) is 0 Å². The third-order valence-corrected chi connectivity index (χ3v) is 3.66. The van der Waals surface area contributed by atoms with E-state index in [9.17, 15) is 4.79 Å². The smallest absolute Gasteiger partial charge is 0.308 e. The van der Waals surface area contributed by atoms with Crippen molar-refractivity contribution in [2.45, 2.75) is 32.2 Å². The molecule has 3 nitrogen and oxygen atoms in total. The molecule has 92 valence electrons. The first-order valence-corrected chi connectivity index (χ1v) is 6.06. The Bertz CT molecular complexity index is 400. The SMILES string of the molecule is CC1(C)CCC(C(=O)O)CN1c1ccccc1. The van der Waals surface area contributed by atoms with E-state index in [0.29, 0.717) is 6.54 Å². The quantitative estimate of drug-likeness (QED) is 0.854. The highest BCUT2D eigenvalue weighted by molar-refractivity contribution is 5.71. The molecule has 1 N–H and O–H groups in total. The molecule has 1 unspecified atom stereocenters. The molecule has 3 heteroatoms. The summed E-state index contributed by atoms with van der Waals surface area (Å²) in [6, 6.07) is 10.1. The molecule has 0 saturated carbocycles. The Kier molecular flexibility index (Phi) is 3.09. The maximum absolute atomic E-state index is 11.1. The van der Waals surface area contributed by atoms with Crippen molar-refractivity contribution >= 4 is 11.7 Å². The van der Waals surface area contributed by atoms with Gasteiger partial charge in [-0.15, -0.1) is 0 Å². The lowest BCUT2D eigenvalue weighted by atomic mass is 9.84. The molecule has 1 atom stereocenters. The summed E-state index contributed by atoms with van der Waals surface area (Å²) in [5, 5.41) is 9.15. The Morgan fingerprint density at radius 1 is 1.35 bits per heavy atom. The second-order valence-electron chi connectivity index (χ2n) is 5.33. The van der Waals surface area contributed by atoms with Crippen molar-refractivity contribution in [3.63, 3.8) is 0 Å². The highest BCUT2D eigenvalue weighted by atomic mass is 16.4. The molecule has 1 aliphatic heterocycles. The van der Waals surface area contributed by atoms with Crippen LogP contribution in [0.25, 0.3) is 0 Å². The van der Waals surface area contributed by atoms with E-state index >= 15 is 0 Å². The Balaban J connectivity index is 2.25. The van der Waals surface area contributed by atoms with Crippen molar-refractivity contribution in [1.29, 1.82) is 0 Å². The van der Waals surface area contributed by atoms with E-state index in [4.69, 9.17) is 5.11 Å². The Morgan fingerprint density at radius 2 is 2.00 bits per heavy atom. The van der Waals surface area contributed by atoms with Crippen molar-refractivity contribution in [3.05, 3.63) is 30.3 Å². The number of piperidine rings is 1. The molecule has 0 radical (unpaired) electrons. The fourth-order valence-corrected chi connectivity index (χ4v) is 2.49. The zero-order valence-corrected chi connectivity index (χ0v) is 10.4. The summed E-state index contributed by atoms with van der Waals surface area (Å²) in [5.74, 6) is -0.926. The molecule has 1 heterocycles. The molecule has 0 bridgehead atoms. The highest BCUT2D eigenvalue weighted by Crippen LogP contribution is 2.34. The van der Waals surface area contributed by atoms with Crippen LogP contribution in [-0.2, 0) is 4.79 Å². The minimum atomic E-state index is -0.679. The van der Waals surface area contributed by atoms with Gasteiger partial charge in [0.05, 0.1) is 5.92 Å². The summed E-state index contributed by atoms with van der Waals surface area (Å²) in [4.78, 5) is 13.3. The number of hydrogen-bond acceptors (Lipinski definition) is 2. The van der Waals surface area contributed by atoms with Crippen LogP contribution in [0.15, 0.2) is 30.3 Å². The number of rotatable bonds is 2. The van der Waals surface area contributed by atoms with Crippen LogP contribution in [0, 0.1) is 5.92 Å². The van der Waals surface area contributed by atoms with E-state index in [2.05, 4.69) is 18.7 Å². The molecule has 1 fully saturated rings. The number of nitrogens with zero attached hydrogens (tertiary/aromatic N) is 1. The zero-order chi connectivity index (χ0) is 12.5. The maximum atomic E-state index is 11.1. The Morgan fingerprint density at radius 3 is 2.59 bits per heavy atom. The highest BCUT2D eigenvalue weighted by Gasteiger charge is 2.36. The summed E-state index contributed by atoms with van der Waals surface area (Å²) in [5.41, 5.74) is 1.15. The normalized spacial score (nSPS) is 23.4. The molecular formula is C14H19NO2. The predicted molar refractivity (Wildman–Crippen MR) is 68.2 cm³/mol. The van der Waals surface area contributed by atoms with Crippen molar-refractivity contribution in [3.8, 4) is 0 Å². The lowest BCUT2D eigenvalue weighted by molar-refractivity contribution is -0.142. The maximum Gasteiger partial charge on any atom is 0.308 e. The molecule has 0 amide bonds. The van der Waals surface area contributed by atoms with Crippen LogP contribution in [-0.4, -0.2) is 23.2 Å². The molecule has 0 aromatic heterocycles. The van der Waals surface area contributed by atoms with Gasteiger partial charge < -0.3 is 10.0 Å². The minimum Gasteiger partial charge on any atom is -0.481 e. The molecule has 1 saturated heterocycles. The van der Waals surface area contributed by atoms with E-state index in [-0.39, 0.29) is 11.5 Å². The van der Waals surface area contributed by atoms with Gasteiger partial charge in [0.2, 0.25) is 0 Å². The van der Waals surface area contributed by atoms with Gasteiger partial charge in [-0.3, -0.25) is 4.79 Å². The van der Waals surface area contributed by atoms with Crippen LogP contribution in [0.1, 0.15) is 26.7 Å². The van der Waals surface area contributed by atoms with Crippen LogP contribution in [0.2, 0.25) is 0 Å². The second-order valence-corrected chi connectivity index (χ2v) is 5.33. The third kappa shape index (κ3) is 2.43. The Hall–Kier alpha value is -1.51. The van der Waals surface area contributed by atoms with Crippen molar-refractivity contribution < 1.29 is 9.90 Å². The molecule has 0 aliphatic carbocycles. The fraction of sp³-hybridized carbons (Fsp3) is 0.500. The summed E-state index contributed by atoms with van der Waals surface area (Å²) >= 11 is 0. The predicted octanol–water partition coefficient (Wildman–Crippen LogP) is 2.77. The third-order valence-electron chi connectivity index (χ3n) is 3.66. The van der Waals surface area contributed by atoms with Gasteiger partial charge in [-0.1, -0.05) is 18.2 Å². The first-order valence-electron chi connectivity index (χ1n) is 6.06. The van der Waals surface area contributed by atoms with Crippen LogP contribution in [0.3, 0.4) is 0 Å². The average Bonchev–Trinajstić information content (AvgIpc) is 2.29. The average molecular weight is 233 g/mol. The van der Waals surface area contributed by atoms with E-state index < -0.39 is 5.97 Å². The van der Waals surface area contributed by atoms with Crippen LogP contribution >= 0.6 is 0 Å². The number of carboxylic acids is 1. The van der Waals surface area contributed by atoms with E-state index in [1.54, 1.807) is 0 Å². The lowest BCUT2D eigenvalue weighted by Gasteiger charge is -2.46. The van der Waals surface area contributed by atoms with Crippen LogP contribution < -0.4 is 4.90 Å². The largest absolute Gasteiger partial charge is 0.481 e. The van der Waals surface area contributed by atoms with Crippen molar-refractivity contribution in [2.24, 2.45) is 5.92 Å². The molecule has 0 spiro atoms. The molecule has 1 aromatic rings. The summed E-state index contributed by atoms with van der Waals surface area (Å²) < 4.78 is 0. The summed E-state index contributed by atoms with van der Waals surface area (Å²) in [7, 11) is 0. The number of anilines is 1. The van der Waals surface area contributed by atoms with Crippen molar-refractivity contribution in [1.82, 2.24) is 0 Å². The molecular weight excluding hydrogens is 214 g/mol. The fourth-order valence-electron chi connectivity index (χ4n) is 2.49. The van der Waals surface area contributed by atoms with Gasteiger partial charge >= 0.3 is 5.97 Å². The molecule has 1 aliphatic rings. The molecule has 17 heavy (non-hydrogen) atoms. The minimum absolute atomic E-state index is 0.0350. The summed E-state index contributed by atoms with van der Waals surface area (Å²) in [6.45, 7) is 4.96. The van der Waals surface area contributed by atoms with E-state index in [1.807, 2.05) is 30.3 Å². The number of carbonyl (C=O) groups is 1. The van der Waals surface area contributed by atoms with E-state index in [1.165, 1.54) is 0 Å². The first kappa shape index (κ1) is 12.0. The monoisotopic (exact) mass is 233 g/mol. The summed E-state index contributed by atoms with van der Waals surface area (Å²) in [6.07, 6.45) is 1.69. The number of hydrogen-bond donors (Lipinski definition) is 1. The van der Waals surface area contributed by atoms with Gasteiger partial charge in [0.15, 0.2) is 0 Å². The Labute approximate surface area is 102 Å².